The number of anilines is 1. The predicted octanol–water partition coefficient (Wildman–Crippen LogP) is 4.69. The molecular weight excluding hydrogens is 498 g/mol. The van der Waals surface area contributed by atoms with Crippen molar-refractivity contribution in [1.82, 2.24) is 4.90 Å². The molecule has 202 valence electrons. The van der Waals surface area contributed by atoms with Crippen molar-refractivity contribution in [1.29, 1.82) is 5.26 Å². The van der Waals surface area contributed by atoms with E-state index in [1.807, 2.05) is 62.6 Å². The van der Waals surface area contributed by atoms with Gasteiger partial charge in [0.05, 0.1) is 24.3 Å². The molecule has 0 saturated heterocycles. The summed E-state index contributed by atoms with van der Waals surface area (Å²) in [5.74, 6) is -2.08. The van der Waals surface area contributed by atoms with Crippen molar-refractivity contribution in [3.63, 3.8) is 0 Å². The number of benzene rings is 3. The number of aryl methyl sites for hydroxylation is 1. The van der Waals surface area contributed by atoms with E-state index in [1.165, 1.54) is 0 Å². The lowest BCUT2D eigenvalue weighted by molar-refractivity contribution is -0.134. The van der Waals surface area contributed by atoms with E-state index in [9.17, 15) is 14.4 Å². The molecule has 0 saturated carbocycles. The van der Waals surface area contributed by atoms with E-state index in [-0.39, 0.29) is 5.91 Å². The fourth-order valence-electron chi connectivity index (χ4n) is 3.61. The minimum absolute atomic E-state index is 0.197. The number of nitrogens with zero attached hydrogens (tertiary/aromatic N) is 2. The van der Waals surface area contributed by atoms with Crippen LogP contribution < -0.4 is 10.1 Å². The summed E-state index contributed by atoms with van der Waals surface area (Å²) in [7, 11) is 5.70. The van der Waals surface area contributed by atoms with Gasteiger partial charge in [-0.15, -0.1) is 0 Å². The zero-order chi connectivity index (χ0) is 28.8. The number of ether oxygens (including phenoxy) is 1. The maximum atomic E-state index is 12.9. The molecule has 3 aromatic carbocycles. The van der Waals surface area contributed by atoms with E-state index in [0.717, 1.165) is 36.1 Å². The van der Waals surface area contributed by atoms with Gasteiger partial charge in [0.2, 0.25) is 0 Å². The summed E-state index contributed by atoms with van der Waals surface area (Å²) in [6, 6.07) is 22.9. The molecule has 0 spiro atoms. The van der Waals surface area contributed by atoms with Gasteiger partial charge >= 0.3 is 11.9 Å². The van der Waals surface area contributed by atoms with E-state index in [1.54, 1.807) is 25.3 Å². The minimum atomic E-state index is -1.26. The third-order valence-electron chi connectivity index (χ3n) is 5.46. The molecule has 0 radical (unpaired) electrons. The van der Waals surface area contributed by atoms with Crippen LogP contribution in [0.25, 0.3) is 11.1 Å². The highest BCUT2D eigenvalue weighted by atomic mass is 16.5. The number of aliphatic carboxylic acids is 2. The monoisotopic (exact) mass is 529 g/mol. The highest BCUT2D eigenvalue weighted by Crippen LogP contribution is 2.27. The van der Waals surface area contributed by atoms with Crippen LogP contribution in [-0.4, -0.2) is 60.7 Å². The number of nitrogens with one attached hydrogen (secondary N) is 1. The lowest BCUT2D eigenvalue weighted by Crippen LogP contribution is -2.15. The summed E-state index contributed by atoms with van der Waals surface area (Å²) in [5, 5.41) is 27.5. The molecule has 9 nitrogen and oxygen atoms in total. The topological polar surface area (TPSA) is 140 Å². The maximum absolute atomic E-state index is 12.9. The van der Waals surface area contributed by atoms with E-state index < -0.39 is 11.9 Å². The highest BCUT2D eigenvalue weighted by Gasteiger charge is 2.16. The fourth-order valence-corrected chi connectivity index (χ4v) is 3.61. The number of carbonyl (C=O) groups is 3. The molecule has 3 aromatic rings. The van der Waals surface area contributed by atoms with Gasteiger partial charge in [-0.1, -0.05) is 36.4 Å². The smallest absolute Gasteiger partial charge is 0.328 e. The zero-order valence-electron chi connectivity index (χ0n) is 22.0. The molecule has 3 rings (SSSR count). The molecule has 0 aliphatic carbocycles. The van der Waals surface area contributed by atoms with Gasteiger partial charge in [-0.3, -0.25) is 4.79 Å². The van der Waals surface area contributed by atoms with Gasteiger partial charge in [-0.05, 0) is 80.5 Å². The lowest BCUT2D eigenvalue weighted by Gasteiger charge is -2.15. The van der Waals surface area contributed by atoms with Gasteiger partial charge < -0.3 is 25.2 Å². The summed E-state index contributed by atoms with van der Waals surface area (Å²) in [5.41, 5.74) is 4.94. The molecule has 9 heteroatoms. The summed E-state index contributed by atoms with van der Waals surface area (Å²) in [6.45, 7) is 0.977. The number of carbonyl (C=O) groups excluding carboxylic acids is 1. The predicted molar refractivity (Wildman–Crippen MR) is 149 cm³/mol. The number of para-hydroxylation sites is 1. The standard InChI is InChI=1S/C26H27N3O2.C4H4O4/c1-29(2)17-5-7-22-6-4-8-24(25(22)31-3)26(30)28-23-15-13-21(14-16-23)20-11-9-19(18-27)10-12-20;5-3(6)1-2-4(7)8/h4,6,8-16H,5,7,17H2,1-3H3,(H,28,30);1-2H,(H,5,6)(H,7,8). The molecule has 0 bridgehead atoms. The lowest BCUT2D eigenvalue weighted by atomic mass is 10.0. The average Bonchev–Trinajstić information content (AvgIpc) is 2.92. The Labute approximate surface area is 227 Å². The SMILES string of the molecule is COc1c(CCCN(C)C)cccc1C(=O)Nc1ccc(-c2ccc(C#N)cc2)cc1.O=C(O)C=CC(=O)O. The summed E-state index contributed by atoms with van der Waals surface area (Å²) >= 11 is 0. The van der Waals surface area contributed by atoms with Crippen LogP contribution in [0.4, 0.5) is 5.69 Å². The third-order valence-corrected chi connectivity index (χ3v) is 5.46. The van der Waals surface area contributed by atoms with E-state index in [2.05, 4.69) is 16.3 Å². The second-order valence-electron chi connectivity index (χ2n) is 8.64. The van der Waals surface area contributed by atoms with E-state index in [0.29, 0.717) is 34.7 Å². The Kier molecular flexibility index (Phi) is 11.9. The highest BCUT2D eigenvalue weighted by molar-refractivity contribution is 6.06. The van der Waals surface area contributed by atoms with Crippen LogP contribution in [0.3, 0.4) is 0 Å². The molecule has 3 N–H and O–H groups in total. The number of carboxylic acids is 2. The zero-order valence-corrected chi connectivity index (χ0v) is 22.0. The Bertz CT molecular complexity index is 1320. The second kappa shape index (κ2) is 15.3. The van der Waals surface area contributed by atoms with E-state index in [4.69, 9.17) is 20.2 Å². The number of amides is 1. The Morgan fingerprint density at radius 3 is 1.97 bits per heavy atom. The second-order valence-corrected chi connectivity index (χ2v) is 8.64. The van der Waals surface area contributed by atoms with Crippen molar-refractivity contribution in [2.75, 3.05) is 33.1 Å². The summed E-state index contributed by atoms with van der Waals surface area (Å²) < 4.78 is 5.59. The maximum Gasteiger partial charge on any atom is 0.328 e. The largest absolute Gasteiger partial charge is 0.496 e. The summed E-state index contributed by atoms with van der Waals surface area (Å²) in [6.07, 6.45) is 2.96. The van der Waals surface area contributed by atoms with Crippen molar-refractivity contribution in [3.05, 3.63) is 95.6 Å². The molecule has 0 aliphatic heterocycles. The van der Waals surface area contributed by atoms with Gasteiger partial charge in [-0.2, -0.15) is 5.26 Å². The van der Waals surface area contributed by atoms with E-state index >= 15 is 0 Å². The number of nitriles is 1. The normalized spacial score (nSPS) is 10.3. The van der Waals surface area contributed by atoms with Gasteiger partial charge in [-0.25, -0.2) is 9.59 Å². The number of methoxy groups -OCH3 is 1. The average molecular weight is 530 g/mol. The Morgan fingerprint density at radius 1 is 0.923 bits per heavy atom. The first kappa shape index (κ1) is 30.3. The Balaban J connectivity index is 0.000000580. The van der Waals surface area contributed by atoms with Crippen LogP contribution in [0.1, 0.15) is 27.9 Å². The van der Waals surface area contributed by atoms with Crippen LogP contribution in [0.5, 0.6) is 5.75 Å². The molecule has 39 heavy (non-hydrogen) atoms. The molecule has 0 unspecified atom stereocenters. The van der Waals surface area contributed by atoms with Crippen molar-refractivity contribution < 1.29 is 29.3 Å². The molecule has 0 fully saturated rings. The van der Waals surface area contributed by atoms with Gasteiger partial charge in [0.15, 0.2) is 0 Å². The number of rotatable bonds is 10. The van der Waals surface area contributed by atoms with Crippen molar-refractivity contribution in [2.24, 2.45) is 0 Å². The molecule has 0 heterocycles. The van der Waals surface area contributed by atoms with Crippen LogP contribution >= 0.6 is 0 Å². The van der Waals surface area contributed by atoms with Crippen LogP contribution in [0.2, 0.25) is 0 Å². The fraction of sp³-hybridized carbons (Fsp3) is 0.200. The van der Waals surface area contributed by atoms with Crippen molar-refractivity contribution >= 4 is 23.5 Å². The quantitative estimate of drug-likeness (QED) is 0.321. The number of carboxylic acid groups (broad SMARTS) is 2. The third kappa shape index (κ3) is 10.1. The minimum Gasteiger partial charge on any atom is -0.496 e. The first-order valence-corrected chi connectivity index (χ1v) is 12.0. The van der Waals surface area contributed by atoms with Crippen LogP contribution in [-0.2, 0) is 16.0 Å². The first-order valence-electron chi connectivity index (χ1n) is 12.0. The van der Waals surface area contributed by atoms with Crippen molar-refractivity contribution in [3.8, 4) is 22.9 Å². The Hall–Kier alpha value is -4.94. The van der Waals surface area contributed by atoms with Crippen LogP contribution in [0.15, 0.2) is 78.9 Å². The molecule has 0 atom stereocenters. The Morgan fingerprint density at radius 2 is 1.49 bits per heavy atom. The van der Waals surface area contributed by atoms with Gasteiger partial charge in [0.1, 0.15) is 5.75 Å². The number of hydrogen-bond acceptors (Lipinski definition) is 6. The number of hydrogen-bond donors (Lipinski definition) is 3. The van der Waals surface area contributed by atoms with Gasteiger partial charge in [0, 0.05) is 17.8 Å². The van der Waals surface area contributed by atoms with Gasteiger partial charge in [0.25, 0.3) is 5.91 Å². The van der Waals surface area contributed by atoms with Crippen LogP contribution in [0, 0.1) is 11.3 Å². The van der Waals surface area contributed by atoms with Crippen molar-refractivity contribution in [2.45, 2.75) is 12.8 Å². The first-order chi connectivity index (χ1) is 18.6. The summed E-state index contributed by atoms with van der Waals surface area (Å²) in [4.78, 5) is 34.2. The molecular formula is C30H31N3O6. The molecule has 0 aliphatic rings. The molecule has 0 aromatic heterocycles. The molecule has 1 amide bonds.